The molecule has 0 aliphatic carbocycles. The third-order valence-electron chi connectivity index (χ3n) is 2.76. The lowest BCUT2D eigenvalue weighted by Crippen LogP contribution is -2.29. The Morgan fingerprint density at radius 2 is 1.95 bits per heavy atom. The van der Waals surface area contributed by atoms with Crippen molar-refractivity contribution in [2.75, 3.05) is 5.32 Å². The summed E-state index contributed by atoms with van der Waals surface area (Å²) in [6, 6.07) is 10.7. The topological polar surface area (TPSA) is 59.3 Å². The van der Waals surface area contributed by atoms with E-state index in [1.165, 1.54) is 6.26 Å². The summed E-state index contributed by atoms with van der Waals surface area (Å²) in [5.74, 6) is 0.308. The zero-order chi connectivity index (χ0) is 13.8. The second-order valence-corrected chi connectivity index (χ2v) is 5.88. The van der Waals surface area contributed by atoms with Crippen molar-refractivity contribution in [1.82, 2.24) is 0 Å². The van der Waals surface area contributed by atoms with Gasteiger partial charge in [-0.1, -0.05) is 18.2 Å². The van der Waals surface area contributed by atoms with Crippen LogP contribution in [0, 0.1) is 6.92 Å². The fourth-order valence-electron chi connectivity index (χ4n) is 1.64. The molecular formula is C14H15NO3S. The van der Waals surface area contributed by atoms with Gasteiger partial charge < -0.3 is 9.73 Å². The van der Waals surface area contributed by atoms with Crippen LogP contribution in [0.1, 0.15) is 12.7 Å². The minimum atomic E-state index is -1.42. The normalized spacial score (nSPS) is 13.8. The Balaban J connectivity index is 2.08. The van der Waals surface area contributed by atoms with Gasteiger partial charge in [0.15, 0.2) is 0 Å². The second kappa shape index (κ2) is 5.84. The molecule has 2 atom stereocenters. The number of benzene rings is 1. The summed E-state index contributed by atoms with van der Waals surface area (Å²) in [5, 5.41) is 2.10. The molecule has 1 N–H and O–H groups in total. The highest BCUT2D eigenvalue weighted by Crippen LogP contribution is 2.18. The third-order valence-corrected chi connectivity index (χ3v) is 4.47. The average molecular weight is 277 g/mol. The third kappa shape index (κ3) is 3.12. The van der Waals surface area contributed by atoms with Gasteiger partial charge in [-0.05, 0) is 32.0 Å². The Morgan fingerprint density at radius 3 is 2.53 bits per heavy atom. The predicted octanol–water partition coefficient (Wildman–Crippen LogP) is 2.72. The lowest BCUT2D eigenvalue weighted by Gasteiger charge is -2.11. The largest absolute Gasteiger partial charge is 0.468 e. The van der Waals surface area contributed by atoms with Crippen LogP contribution in [0.4, 0.5) is 5.69 Å². The molecule has 0 bridgehead atoms. The van der Waals surface area contributed by atoms with Crippen molar-refractivity contribution in [1.29, 1.82) is 0 Å². The maximum Gasteiger partial charge on any atom is 0.240 e. The first kappa shape index (κ1) is 13.5. The first-order valence-corrected chi connectivity index (χ1v) is 7.11. The number of amides is 1. The van der Waals surface area contributed by atoms with Crippen molar-refractivity contribution in [2.24, 2.45) is 0 Å². The summed E-state index contributed by atoms with van der Waals surface area (Å²) in [5.41, 5.74) is 0.695. The molecule has 0 aliphatic rings. The van der Waals surface area contributed by atoms with Crippen molar-refractivity contribution in [3.05, 3.63) is 48.4 Å². The van der Waals surface area contributed by atoms with Gasteiger partial charge in [0.2, 0.25) is 5.91 Å². The Morgan fingerprint density at radius 1 is 1.26 bits per heavy atom. The van der Waals surface area contributed by atoms with E-state index in [1.807, 2.05) is 18.2 Å². The number of hydrogen-bond donors (Lipinski definition) is 1. The van der Waals surface area contributed by atoms with Crippen LogP contribution in [0.3, 0.4) is 0 Å². The van der Waals surface area contributed by atoms with Gasteiger partial charge in [0.1, 0.15) is 11.0 Å². The summed E-state index contributed by atoms with van der Waals surface area (Å²) in [6.07, 6.45) is 1.48. The second-order valence-electron chi connectivity index (χ2n) is 4.14. The van der Waals surface area contributed by atoms with Crippen LogP contribution in [-0.2, 0) is 15.6 Å². The highest BCUT2D eigenvalue weighted by atomic mass is 32.2. The van der Waals surface area contributed by atoms with Crippen LogP contribution in [-0.4, -0.2) is 15.4 Å². The SMILES string of the molecule is Cc1occc1[S@@](=O)[C@@H](C)C(=O)Nc1ccccc1. The fourth-order valence-corrected chi connectivity index (χ4v) is 2.79. The Hall–Kier alpha value is -1.88. The van der Waals surface area contributed by atoms with E-state index in [1.54, 1.807) is 32.0 Å². The first-order chi connectivity index (χ1) is 9.09. The maximum atomic E-state index is 12.2. The quantitative estimate of drug-likeness (QED) is 0.934. The van der Waals surface area contributed by atoms with Crippen molar-refractivity contribution < 1.29 is 13.4 Å². The van der Waals surface area contributed by atoms with Gasteiger partial charge in [0.25, 0.3) is 0 Å². The van der Waals surface area contributed by atoms with Gasteiger partial charge in [0.05, 0.1) is 22.0 Å². The Labute approximate surface area is 114 Å². The standard InChI is InChI=1S/C14H15NO3S/c1-10-13(8-9-18-10)19(17)11(2)14(16)15-12-6-4-3-5-7-12/h3-9,11H,1-2H3,(H,15,16)/t11-,19-/m0/s1. The molecule has 0 unspecified atom stereocenters. The molecule has 2 rings (SSSR count). The molecule has 5 heteroatoms. The van der Waals surface area contributed by atoms with E-state index in [9.17, 15) is 9.00 Å². The van der Waals surface area contributed by atoms with Crippen LogP contribution in [0.5, 0.6) is 0 Å². The number of carbonyl (C=O) groups is 1. The number of rotatable bonds is 4. The summed E-state index contributed by atoms with van der Waals surface area (Å²) in [4.78, 5) is 12.6. The molecule has 2 aromatic rings. The molecule has 0 spiro atoms. The number of aryl methyl sites for hydroxylation is 1. The average Bonchev–Trinajstić information content (AvgIpc) is 2.84. The number of furan rings is 1. The Bertz CT molecular complexity index is 592. The van der Waals surface area contributed by atoms with E-state index >= 15 is 0 Å². The molecule has 19 heavy (non-hydrogen) atoms. The molecule has 0 radical (unpaired) electrons. The summed E-state index contributed by atoms with van der Waals surface area (Å²) in [7, 11) is -1.42. The van der Waals surface area contributed by atoms with E-state index < -0.39 is 16.0 Å². The molecule has 1 amide bonds. The highest BCUT2D eigenvalue weighted by molar-refractivity contribution is 7.86. The van der Waals surface area contributed by atoms with E-state index in [4.69, 9.17) is 4.42 Å². The molecule has 0 saturated heterocycles. The van der Waals surface area contributed by atoms with Crippen molar-refractivity contribution >= 4 is 22.4 Å². The minimum absolute atomic E-state index is 0.273. The van der Waals surface area contributed by atoms with Gasteiger partial charge >= 0.3 is 0 Å². The highest BCUT2D eigenvalue weighted by Gasteiger charge is 2.23. The number of para-hydroxylation sites is 1. The molecule has 0 saturated carbocycles. The molecule has 0 fully saturated rings. The lowest BCUT2D eigenvalue weighted by molar-refractivity contribution is -0.115. The van der Waals surface area contributed by atoms with Gasteiger partial charge in [-0.3, -0.25) is 9.00 Å². The summed E-state index contributed by atoms with van der Waals surface area (Å²) >= 11 is 0. The van der Waals surface area contributed by atoms with Crippen LogP contribution < -0.4 is 5.32 Å². The monoisotopic (exact) mass is 277 g/mol. The molecule has 100 valence electrons. The number of nitrogens with one attached hydrogen (secondary N) is 1. The van der Waals surface area contributed by atoms with Crippen LogP contribution >= 0.6 is 0 Å². The Kier molecular flexibility index (Phi) is 4.16. The molecular weight excluding hydrogens is 262 g/mol. The predicted molar refractivity (Wildman–Crippen MR) is 74.4 cm³/mol. The van der Waals surface area contributed by atoms with Gasteiger partial charge in [-0.25, -0.2) is 0 Å². The van der Waals surface area contributed by atoms with E-state index in [-0.39, 0.29) is 5.91 Å². The van der Waals surface area contributed by atoms with Crippen molar-refractivity contribution in [3.63, 3.8) is 0 Å². The van der Waals surface area contributed by atoms with Crippen LogP contribution in [0.25, 0.3) is 0 Å². The number of hydrogen-bond acceptors (Lipinski definition) is 3. The molecule has 4 nitrogen and oxygen atoms in total. The lowest BCUT2D eigenvalue weighted by atomic mass is 10.3. The molecule has 1 aromatic heterocycles. The molecule has 1 heterocycles. The zero-order valence-electron chi connectivity index (χ0n) is 10.8. The molecule has 0 aliphatic heterocycles. The van der Waals surface area contributed by atoms with Gasteiger partial charge in [-0.2, -0.15) is 0 Å². The van der Waals surface area contributed by atoms with Crippen LogP contribution in [0.2, 0.25) is 0 Å². The number of carbonyl (C=O) groups excluding carboxylic acids is 1. The van der Waals surface area contributed by atoms with Gasteiger partial charge in [0, 0.05) is 5.69 Å². The van der Waals surface area contributed by atoms with E-state index in [0.717, 1.165) is 0 Å². The van der Waals surface area contributed by atoms with Crippen molar-refractivity contribution in [3.8, 4) is 0 Å². The van der Waals surface area contributed by atoms with E-state index in [2.05, 4.69) is 5.32 Å². The summed E-state index contributed by atoms with van der Waals surface area (Å²) in [6.45, 7) is 3.37. The maximum absolute atomic E-state index is 12.2. The molecule has 1 aromatic carbocycles. The smallest absolute Gasteiger partial charge is 0.240 e. The van der Waals surface area contributed by atoms with E-state index in [0.29, 0.717) is 16.3 Å². The van der Waals surface area contributed by atoms with Crippen LogP contribution in [0.15, 0.2) is 52.0 Å². The minimum Gasteiger partial charge on any atom is -0.468 e. The summed E-state index contributed by atoms with van der Waals surface area (Å²) < 4.78 is 17.4. The number of anilines is 1. The van der Waals surface area contributed by atoms with Crippen molar-refractivity contribution in [2.45, 2.75) is 24.0 Å². The zero-order valence-corrected chi connectivity index (χ0v) is 11.6. The van der Waals surface area contributed by atoms with Gasteiger partial charge in [-0.15, -0.1) is 0 Å². The first-order valence-electron chi connectivity index (χ1n) is 5.90. The fraction of sp³-hybridized carbons (Fsp3) is 0.214.